The molecule has 0 saturated heterocycles. The molecule has 110 valence electrons. The van der Waals surface area contributed by atoms with Crippen molar-refractivity contribution in [3.05, 3.63) is 63.7 Å². The molecule has 0 aliphatic heterocycles. The van der Waals surface area contributed by atoms with E-state index in [1.807, 2.05) is 24.3 Å². The highest BCUT2D eigenvalue weighted by Gasteiger charge is 2.09. The maximum absolute atomic E-state index is 10.8. The molecule has 21 heavy (non-hydrogen) atoms. The van der Waals surface area contributed by atoms with Gasteiger partial charge in [0.2, 0.25) is 0 Å². The van der Waals surface area contributed by atoms with Gasteiger partial charge in [0.25, 0.3) is 5.69 Å². The summed E-state index contributed by atoms with van der Waals surface area (Å²) in [4.78, 5) is 10.3. The number of nitrogen functional groups attached to an aromatic ring is 1. The number of rotatable bonds is 5. The van der Waals surface area contributed by atoms with E-state index in [0.717, 1.165) is 0 Å². The van der Waals surface area contributed by atoms with E-state index in [1.165, 1.54) is 23.8 Å². The molecule has 0 amide bonds. The molecule has 5 heteroatoms. The summed E-state index contributed by atoms with van der Waals surface area (Å²) in [5, 5.41) is 10.8. The Labute approximate surface area is 123 Å². The molecule has 2 aromatic rings. The van der Waals surface area contributed by atoms with Gasteiger partial charge in [0.15, 0.2) is 0 Å². The Kier molecular flexibility index (Phi) is 4.42. The van der Waals surface area contributed by atoms with E-state index in [4.69, 9.17) is 10.5 Å². The van der Waals surface area contributed by atoms with Crippen LogP contribution >= 0.6 is 0 Å². The molecule has 2 rings (SSSR count). The average Bonchev–Trinajstić information content (AvgIpc) is 2.46. The van der Waals surface area contributed by atoms with Crippen LogP contribution in [0.3, 0.4) is 0 Å². The summed E-state index contributed by atoms with van der Waals surface area (Å²) in [6.07, 6.45) is 0. The van der Waals surface area contributed by atoms with Gasteiger partial charge in [-0.1, -0.05) is 26.0 Å². The summed E-state index contributed by atoms with van der Waals surface area (Å²) in [5.41, 5.74) is 8.15. The lowest BCUT2D eigenvalue weighted by Crippen LogP contribution is -2.01. The van der Waals surface area contributed by atoms with Crippen molar-refractivity contribution in [1.29, 1.82) is 0 Å². The summed E-state index contributed by atoms with van der Waals surface area (Å²) < 4.78 is 5.64. The summed E-state index contributed by atoms with van der Waals surface area (Å²) >= 11 is 0. The van der Waals surface area contributed by atoms with Crippen LogP contribution in [0.15, 0.2) is 42.5 Å². The van der Waals surface area contributed by atoms with E-state index >= 15 is 0 Å². The molecule has 0 radical (unpaired) electrons. The normalized spacial score (nSPS) is 10.6. The molecule has 0 saturated carbocycles. The van der Waals surface area contributed by atoms with Gasteiger partial charge in [0, 0.05) is 23.4 Å². The van der Waals surface area contributed by atoms with Crippen LogP contribution in [0, 0.1) is 10.1 Å². The zero-order valence-electron chi connectivity index (χ0n) is 12.1. The molecule has 2 N–H and O–H groups in total. The molecule has 0 fully saturated rings. The number of nitrogens with two attached hydrogens (primary N) is 1. The van der Waals surface area contributed by atoms with Crippen molar-refractivity contribution in [1.82, 2.24) is 0 Å². The van der Waals surface area contributed by atoms with Crippen LogP contribution in [-0.4, -0.2) is 4.92 Å². The first-order valence-corrected chi connectivity index (χ1v) is 6.73. The van der Waals surface area contributed by atoms with Crippen molar-refractivity contribution in [3.8, 4) is 5.75 Å². The van der Waals surface area contributed by atoms with Crippen LogP contribution in [0.2, 0.25) is 0 Å². The van der Waals surface area contributed by atoms with E-state index < -0.39 is 4.92 Å². The van der Waals surface area contributed by atoms with Gasteiger partial charge in [-0.2, -0.15) is 0 Å². The predicted octanol–water partition coefficient (Wildman–Crippen LogP) is 3.88. The lowest BCUT2D eigenvalue weighted by molar-refractivity contribution is -0.384. The molecular weight excluding hydrogens is 268 g/mol. The molecule has 0 unspecified atom stereocenters. The first-order valence-electron chi connectivity index (χ1n) is 6.73. The number of nitrogens with zero attached hydrogens (tertiary/aromatic N) is 1. The zero-order valence-corrected chi connectivity index (χ0v) is 12.1. The van der Waals surface area contributed by atoms with Gasteiger partial charge in [0.05, 0.1) is 4.92 Å². The number of hydrogen-bond acceptors (Lipinski definition) is 4. The lowest BCUT2D eigenvalue weighted by Gasteiger charge is -2.10. The second kappa shape index (κ2) is 6.26. The van der Waals surface area contributed by atoms with Gasteiger partial charge in [-0.3, -0.25) is 10.1 Å². The molecular formula is C16H18N2O3. The second-order valence-corrected chi connectivity index (χ2v) is 5.15. The average molecular weight is 286 g/mol. The van der Waals surface area contributed by atoms with Crippen LogP contribution in [0.4, 0.5) is 11.4 Å². The minimum absolute atomic E-state index is 0.0120. The first-order chi connectivity index (χ1) is 9.97. The molecule has 0 bridgehead atoms. The predicted molar refractivity (Wildman–Crippen MR) is 82.4 cm³/mol. The summed E-state index contributed by atoms with van der Waals surface area (Å²) in [5.74, 6) is 1.18. The Morgan fingerprint density at radius 2 is 1.86 bits per heavy atom. The molecule has 0 aliphatic rings. The van der Waals surface area contributed by atoms with Gasteiger partial charge in [-0.15, -0.1) is 0 Å². The molecule has 2 aromatic carbocycles. The van der Waals surface area contributed by atoms with Crippen LogP contribution in [0.25, 0.3) is 0 Å². The third-order valence-corrected chi connectivity index (χ3v) is 3.28. The monoisotopic (exact) mass is 286 g/mol. The standard InChI is InChI=1S/C16H18N2O3/c1-11(2)12-3-6-15(7-4-12)21-10-13-9-14(18(19)20)5-8-16(13)17/h3-9,11H,10,17H2,1-2H3. The fourth-order valence-electron chi connectivity index (χ4n) is 1.94. The number of hydrogen-bond donors (Lipinski definition) is 1. The van der Waals surface area contributed by atoms with Gasteiger partial charge in [0.1, 0.15) is 12.4 Å². The number of non-ortho nitro benzene ring substituents is 1. The number of anilines is 1. The third kappa shape index (κ3) is 3.72. The number of nitro groups is 1. The highest BCUT2D eigenvalue weighted by molar-refractivity contribution is 5.52. The van der Waals surface area contributed by atoms with Crippen molar-refractivity contribution in [2.24, 2.45) is 0 Å². The molecule has 0 aliphatic carbocycles. The van der Waals surface area contributed by atoms with Crippen LogP contribution < -0.4 is 10.5 Å². The van der Waals surface area contributed by atoms with Crippen molar-refractivity contribution in [3.63, 3.8) is 0 Å². The minimum atomic E-state index is -0.444. The van der Waals surface area contributed by atoms with E-state index in [2.05, 4.69) is 13.8 Å². The molecule has 0 heterocycles. The smallest absolute Gasteiger partial charge is 0.269 e. The third-order valence-electron chi connectivity index (χ3n) is 3.28. The number of benzene rings is 2. The highest BCUT2D eigenvalue weighted by Crippen LogP contribution is 2.23. The quantitative estimate of drug-likeness (QED) is 0.514. The molecule has 5 nitrogen and oxygen atoms in total. The van der Waals surface area contributed by atoms with Gasteiger partial charge in [-0.25, -0.2) is 0 Å². The van der Waals surface area contributed by atoms with Gasteiger partial charge in [-0.05, 0) is 29.7 Å². The van der Waals surface area contributed by atoms with E-state index in [-0.39, 0.29) is 12.3 Å². The fourth-order valence-corrected chi connectivity index (χ4v) is 1.94. The summed E-state index contributed by atoms with van der Waals surface area (Å²) in [6, 6.07) is 12.2. The number of ether oxygens (including phenoxy) is 1. The lowest BCUT2D eigenvalue weighted by atomic mass is 10.0. The van der Waals surface area contributed by atoms with Crippen molar-refractivity contribution in [2.45, 2.75) is 26.4 Å². The maximum atomic E-state index is 10.8. The Bertz CT molecular complexity index is 636. The van der Waals surface area contributed by atoms with Crippen molar-refractivity contribution >= 4 is 11.4 Å². The second-order valence-electron chi connectivity index (χ2n) is 5.15. The largest absolute Gasteiger partial charge is 0.489 e. The Balaban J connectivity index is 2.09. The first kappa shape index (κ1) is 14.8. The molecule has 0 atom stereocenters. The van der Waals surface area contributed by atoms with Crippen LogP contribution in [0.5, 0.6) is 5.75 Å². The van der Waals surface area contributed by atoms with E-state index in [0.29, 0.717) is 22.9 Å². The van der Waals surface area contributed by atoms with Gasteiger partial charge < -0.3 is 10.5 Å². The topological polar surface area (TPSA) is 78.4 Å². The van der Waals surface area contributed by atoms with Crippen molar-refractivity contribution < 1.29 is 9.66 Å². The summed E-state index contributed by atoms with van der Waals surface area (Å²) in [6.45, 7) is 4.45. The summed E-state index contributed by atoms with van der Waals surface area (Å²) in [7, 11) is 0. The Morgan fingerprint density at radius 3 is 2.43 bits per heavy atom. The number of nitro benzene ring substituents is 1. The zero-order chi connectivity index (χ0) is 15.4. The Morgan fingerprint density at radius 1 is 1.19 bits per heavy atom. The molecule has 0 spiro atoms. The van der Waals surface area contributed by atoms with Crippen LogP contribution in [0.1, 0.15) is 30.9 Å². The van der Waals surface area contributed by atoms with Crippen LogP contribution in [-0.2, 0) is 6.61 Å². The van der Waals surface area contributed by atoms with E-state index in [1.54, 1.807) is 0 Å². The maximum Gasteiger partial charge on any atom is 0.269 e. The Hall–Kier alpha value is -2.56. The highest BCUT2D eigenvalue weighted by atomic mass is 16.6. The minimum Gasteiger partial charge on any atom is -0.489 e. The van der Waals surface area contributed by atoms with Crippen molar-refractivity contribution in [2.75, 3.05) is 5.73 Å². The molecule has 0 aromatic heterocycles. The van der Waals surface area contributed by atoms with E-state index in [9.17, 15) is 10.1 Å². The fraction of sp³-hybridized carbons (Fsp3) is 0.250. The van der Waals surface area contributed by atoms with Gasteiger partial charge >= 0.3 is 0 Å². The SMILES string of the molecule is CC(C)c1ccc(OCc2cc([N+](=O)[O-])ccc2N)cc1.